The number of furan rings is 1. The first-order valence-electron chi connectivity index (χ1n) is 14.3. The summed E-state index contributed by atoms with van der Waals surface area (Å²) < 4.78 is 6.53. The molecule has 9 aromatic rings. The van der Waals surface area contributed by atoms with Crippen LogP contribution in [0.5, 0.6) is 0 Å². The number of aryl methyl sites for hydroxylation is 1. The highest BCUT2D eigenvalue weighted by molar-refractivity contribution is 6.24. The first-order valence-corrected chi connectivity index (χ1v) is 14.3. The van der Waals surface area contributed by atoms with Crippen LogP contribution in [0.2, 0.25) is 0 Å². The van der Waals surface area contributed by atoms with Gasteiger partial charge in [-0.2, -0.15) is 0 Å². The van der Waals surface area contributed by atoms with E-state index in [4.69, 9.17) is 14.4 Å². The Kier molecular flexibility index (Phi) is 4.82. The Labute approximate surface area is 241 Å². The molecule has 0 aliphatic rings. The zero-order chi connectivity index (χ0) is 27.8. The first kappa shape index (κ1) is 23.2. The lowest BCUT2D eigenvalue weighted by Gasteiger charge is -2.13. The van der Waals surface area contributed by atoms with E-state index in [-0.39, 0.29) is 0 Å². The third-order valence-electron chi connectivity index (χ3n) is 8.54. The van der Waals surface area contributed by atoms with Crippen LogP contribution in [0.1, 0.15) is 5.69 Å². The van der Waals surface area contributed by atoms with Gasteiger partial charge in [0.1, 0.15) is 11.2 Å². The molecule has 0 saturated carbocycles. The number of fused-ring (bicyclic) bond motifs is 11. The molecule has 0 radical (unpaired) electrons. The smallest absolute Gasteiger partial charge is 0.143 e. The molecule has 9 rings (SSSR count). The van der Waals surface area contributed by atoms with Gasteiger partial charge in [-0.1, -0.05) is 109 Å². The molecule has 2 heterocycles. The second-order valence-electron chi connectivity index (χ2n) is 11.0. The Morgan fingerprint density at radius 2 is 1.10 bits per heavy atom. The topological polar surface area (TPSA) is 38.9 Å². The molecule has 3 heteroatoms. The van der Waals surface area contributed by atoms with Gasteiger partial charge in [0.15, 0.2) is 0 Å². The van der Waals surface area contributed by atoms with Crippen molar-refractivity contribution >= 4 is 65.3 Å². The lowest BCUT2D eigenvalue weighted by atomic mass is 9.94. The highest BCUT2D eigenvalue weighted by Gasteiger charge is 2.18. The summed E-state index contributed by atoms with van der Waals surface area (Å²) in [6.07, 6.45) is 0. The lowest BCUT2D eigenvalue weighted by Crippen LogP contribution is -1.97. The van der Waals surface area contributed by atoms with Crippen LogP contribution < -0.4 is 0 Å². The second kappa shape index (κ2) is 8.73. The van der Waals surface area contributed by atoms with Crippen molar-refractivity contribution < 1.29 is 4.42 Å². The number of para-hydroxylation sites is 1. The summed E-state index contributed by atoms with van der Waals surface area (Å²) in [6, 6.07) is 44.7. The molecule has 0 amide bonds. The van der Waals surface area contributed by atoms with Crippen molar-refractivity contribution in [3.63, 3.8) is 0 Å². The van der Waals surface area contributed by atoms with Crippen LogP contribution in [0.3, 0.4) is 0 Å². The normalized spacial score (nSPS) is 11.9. The summed E-state index contributed by atoms with van der Waals surface area (Å²) in [6.45, 7) is 2.06. The minimum absolute atomic E-state index is 0.895. The molecule has 0 aliphatic heterocycles. The maximum atomic E-state index is 6.53. The van der Waals surface area contributed by atoms with Gasteiger partial charge in [-0.3, -0.25) is 0 Å². The van der Waals surface area contributed by atoms with E-state index in [0.717, 1.165) is 71.8 Å². The summed E-state index contributed by atoms with van der Waals surface area (Å²) >= 11 is 0. The van der Waals surface area contributed by atoms with Crippen molar-refractivity contribution in [1.29, 1.82) is 0 Å². The Balaban J connectivity index is 1.31. The van der Waals surface area contributed by atoms with Gasteiger partial charge in [-0.15, -0.1) is 0 Å². The summed E-state index contributed by atoms with van der Waals surface area (Å²) in [7, 11) is 0. The van der Waals surface area contributed by atoms with Gasteiger partial charge in [0.2, 0.25) is 0 Å². The molecule has 0 unspecified atom stereocenters. The van der Waals surface area contributed by atoms with E-state index >= 15 is 0 Å². The van der Waals surface area contributed by atoms with Gasteiger partial charge < -0.3 is 4.42 Å². The first-order chi connectivity index (χ1) is 20.7. The minimum Gasteiger partial charge on any atom is -0.455 e. The molecule has 3 nitrogen and oxygen atoms in total. The number of rotatable bonds is 2. The van der Waals surface area contributed by atoms with Crippen LogP contribution in [0.4, 0.5) is 0 Å². The molecule has 0 N–H and O–H groups in total. The van der Waals surface area contributed by atoms with Gasteiger partial charge >= 0.3 is 0 Å². The maximum absolute atomic E-state index is 6.53. The van der Waals surface area contributed by atoms with E-state index in [1.54, 1.807) is 0 Å². The molecule has 7 aromatic carbocycles. The summed E-state index contributed by atoms with van der Waals surface area (Å²) in [4.78, 5) is 10.5. The fraction of sp³-hybridized carbons (Fsp3) is 0.0256. The van der Waals surface area contributed by atoms with Crippen molar-refractivity contribution in [2.24, 2.45) is 0 Å². The molecule has 0 saturated heterocycles. The highest BCUT2D eigenvalue weighted by atomic mass is 16.3. The minimum atomic E-state index is 0.895. The summed E-state index contributed by atoms with van der Waals surface area (Å²) in [5.41, 5.74) is 8.69. The number of aromatic nitrogens is 2. The Bertz CT molecular complexity index is 2540. The molecular weight excluding hydrogens is 512 g/mol. The Morgan fingerprint density at radius 1 is 0.500 bits per heavy atom. The maximum Gasteiger partial charge on any atom is 0.143 e. The van der Waals surface area contributed by atoms with Crippen molar-refractivity contribution in [2.45, 2.75) is 6.92 Å². The molecule has 42 heavy (non-hydrogen) atoms. The van der Waals surface area contributed by atoms with Crippen LogP contribution in [0.15, 0.2) is 132 Å². The molecule has 2 aromatic heterocycles. The summed E-state index contributed by atoms with van der Waals surface area (Å²) in [5.74, 6) is 0. The largest absolute Gasteiger partial charge is 0.455 e. The van der Waals surface area contributed by atoms with Gasteiger partial charge in [0, 0.05) is 32.7 Å². The van der Waals surface area contributed by atoms with Gasteiger partial charge in [0.25, 0.3) is 0 Å². The third-order valence-corrected chi connectivity index (χ3v) is 8.54. The van der Waals surface area contributed by atoms with Gasteiger partial charge in [-0.05, 0) is 52.2 Å². The van der Waals surface area contributed by atoms with Gasteiger partial charge in [0.05, 0.1) is 22.4 Å². The molecular formula is C39H24N2O. The van der Waals surface area contributed by atoms with Crippen molar-refractivity contribution in [3.05, 3.63) is 133 Å². The average molecular weight is 537 g/mol. The molecule has 0 bridgehead atoms. The van der Waals surface area contributed by atoms with E-state index in [2.05, 4.69) is 122 Å². The number of hydrogen-bond donors (Lipinski definition) is 0. The Hall–Kier alpha value is -5.54. The fourth-order valence-electron chi connectivity index (χ4n) is 6.64. The summed E-state index contributed by atoms with van der Waals surface area (Å²) in [5, 5.41) is 9.34. The standard InChI is InChI=1S/C39H24N2O/c1-23-36(41-38-31-18-7-5-16-29(31)28-15-4-6-17-30(28)37(38)40-23)26-13-10-12-24(21-26)33-22-25-11-2-3-14-27(25)35-32-19-8-9-20-34(32)42-39(33)35/h2-22H,1H3. The predicted molar refractivity (Wildman–Crippen MR) is 175 cm³/mol. The molecule has 0 aliphatic carbocycles. The number of nitrogens with zero attached hydrogens (tertiary/aromatic N) is 2. The fourth-order valence-corrected chi connectivity index (χ4v) is 6.64. The van der Waals surface area contributed by atoms with Crippen LogP contribution in [0.25, 0.3) is 87.7 Å². The van der Waals surface area contributed by atoms with Crippen molar-refractivity contribution in [1.82, 2.24) is 9.97 Å². The van der Waals surface area contributed by atoms with E-state index < -0.39 is 0 Å². The van der Waals surface area contributed by atoms with E-state index in [1.165, 1.54) is 21.5 Å². The van der Waals surface area contributed by atoms with Gasteiger partial charge in [-0.25, -0.2) is 9.97 Å². The SMILES string of the molecule is Cc1nc2c3ccccc3c3ccccc3c2nc1-c1cccc(-c2cc3ccccc3c3c2oc2ccccc23)c1. The monoisotopic (exact) mass is 536 g/mol. The van der Waals surface area contributed by atoms with Crippen LogP contribution >= 0.6 is 0 Å². The van der Waals surface area contributed by atoms with Crippen LogP contribution in [-0.4, -0.2) is 9.97 Å². The number of hydrogen-bond acceptors (Lipinski definition) is 3. The van der Waals surface area contributed by atoms with E-state index in [9.17, 15) is 0 Å². The molecule has 0 atom stereocenters. The van der Waals surface area contributed by atoms with E-state index in [1.807, 2.05) is 12.1 Å². The quantitative estimate of drug-likeness (QED) is 0.206. The van der Waals surface area contributed by atoms with Crippen LogP contribution in [-0.2, 0) is 0 Å². The Morgan fingerprint density at radius 3 is 1.86 bits per heavy atom. The lowest BCUT2D eigenvalue weighted by molar-refractivity contribution is 0.670. The van der Waals surface area contributed by atoms with E-state index in [0.29, 0.717) is 0 Å². The molecule has 0 fully saturated rings. The zero-order valence-corrected chi connectivity index (χ0v) is 22.9. The number of benzene rings is 7. The molecule has 196 valence electrons. The average Bonchev–Trinajstić information content (AvgIpc) is 3.44. The zero-order valence-electron chi connectivity index (χ0n) is 22.9. The van der Waals surface area contributed by atoms with Crippen LogP contribution in [0, 0.1) is 6.92 Å². The van der Waals surface area contributed by atoms with Crippen molar-refractivity contribution in [3.8, 4) is 22.4 Å². The molecule has 0 spiro atoms. The predicted octanol–water partition coefficient (Wildman–Crippen LogP) is 10.6. The highest BCUT2D eigenvalue weighted by Crippen LogP contribution is 2.42. The van der Waals surface area contributed by atoms with Crippen molar-refractivity contribution in [2.75, 3.05) is 0 Å². The third kappa shape index (κ3) is 3.28. The second-order valence-corrected chi connectivity index (χ2v) is 11.0.